The lowest BCUT2D eigenvalue weighted by Gasteiger charge is -2.49. The molecule has 0 saturated carbocycles. The third kappa shape index (κ3) is 4.42. The van der Waals surface area contributed by atoms with E-state index in [1.807, 2.05) is 6.92 Å². The van der Waals surface area contributed by atoms with Crippen LogP contribution in [-0.4, -0.2) is 54.7 Å². The largest absolute Gasteiger partial charge is 0.431 e. The summed E-state index contributed by atoms with van der Waals surface area (Å²) in [6.07, 6.45) is -4.88. The number of rotatable bonds is 5. The molecule has 190 valence electrons. The zero-order valence-corrected chi connectivity index (χ0v) is 19.8. The quantitative estimate of drug-likeness (QED) is 0.611. The third-order valence-corrected chi connectivity index (χ3v) is 6.50. The van der Waals surface area contributed by atoms with Gasteiger partial charge >= 0.3 is 6.18 Å². The fourth-order valence-corrected chi connectivity index (χ4v) is 4.83. The van der Waals surface area contributed by atoms with Crippen molar-refractivity contribution in [1.82, 2.24) is 4.90 Å². The van der Waals surface area contributed by atoms with Gasteiger partial charge in [0.15, 0.2) is 0 Å². The highest BCUT2D eigenvalue weighted by atomic mass is 19.4. The van der Waals surface area contributed by atoms with E-state index in [1.165, 1.54) is 6.07 Å². The van der Waals surface area contributed by atoms with Gasteiger partial charge in [-0.3, -0.25) is 9.69 Å². The van der Waals surface area contributed by atoms with Crippen LogP contribution >= 0.6 is 0 Å². The van der Waals surface area contributed by atoms with Crippen molar-refractivity contribution in [2.75, 3.05) is 36.6 Å². The second-order valence-electron chi connectivity index (χ2n) is 8.68. The van der Waals surface area contributed by atoms with Gasteiger partial charge in [0.05, 0.1) is 30.4 Å². The number of anilines is 2. The van der Waals surface area contributed by atoms with Crippen molar-refractivity contribution in [2.24, 2.45) is 11.0 Å². The number of nitrogens with one attached hydrogen (secondary N) is 1. The number of carbonyl (C=O) groups excluding carboxylic acids is 1. The standard InChI is InChI=1S/C25H25F4N5O2/c1-3-20-22(25(27,28)29)32-34(19-8-9-21(26)17(14-19)15-30)24(20,33-10-12-36-13-11-33)23(35)31-18-6-4-16(2)5-7-18/h4-9,14,20H,3,10-13H2,1-2H3,(H,31,35)/t20-,24+/m0/s1. The molecule has 0 radical (unpaired) electrons. The Morgan fingerprint density at radius 2 is 1.89 bits per heavy atom. The fourth-order valence-electron chi connectivity index (χ4n) is 4.83. The summed E-state index contributed by atoms with van der Waals surface area (Å²) >= 11 is 0. The van der Waals surface area contributed by atoms with Gasteiger partial charge in [-0.05, 0) is 43.7 Å². The first-order chi connectivity index (χ1) is 17.1. The van der Waals surface area contributed by atoms with Crippen LogP contribution in [0.4, 0.5) is 28.9 Å². The van der Waals surface area contributed by atoms with Gasteiger partial charge in [0.2, 0.25) is 5.66 Å². The Hall–Kier alpha value is -3.49. The van der Waals surface area contributed by atoms with Gasteiger partial charge in [-0.25, -0.2) is 9.40 Å². The Labute approximate surface area is 205 Å². The highest BCUT2D eigenvalue weighted by Crippen LogP contribution is 2.46. The summed E-state index contributed by atoms with van der Waals surface area (Å²) in [5.41, 5.74) is -2.08. The lowest BCUT2D eigenvalue weighted by atomic mass is 9.83. The van der Waals surface area contributed by atoms with E-state index in [4.69, 9.17) is 4.74 Å². The van der Waals surface area contributed by atoms with Crippen LogP contribution in [0.5, 0.6) is 0 Å². The molecule has 1 N–H and O–H groups in total. The van der Waals surface area contributed by atoms with Crippen LogP contribution in [-0.2, 0) is 9.53 Å². The van der Waals surface area contributed by atoms with Crippen molar-refractivity contribution in [2.45, 2.75) is 32.1 Å². The van der Waals surface area contributed by atoms with E-state index in [-0.39, 0.29) is 44.0 Å². The van der Waals surface area contributed by atoms with Crippen molar-refractivity contribution in [3.8, 4) is 6.07 Å². The van der Waals surface area contributed by atoms with Crippen LogP contribution in [0.2, 0.25) is 0 Å². The van der Waals surface area contributed by atoms with Crippen molar-refractivity contribution < 1.29 is 27.1 Å². The summed E-state index contributed by atoms with van der Waals surface area (Å²) in [6, 6.07) is 11.9. The summed E-state index contributed by atoms with van der Waals surface area (Å²) in [5, 5.41) is 17.1. The van der Waals surface area contributed by atoms with E-state index in [1.54, 1.807) is 42.2 Å². The summed E-state index contributed by atoms with van der Waals surface area (Å²) in [4.78, 5) is 15.8. The minimum atomic E-state index is -4.82. The highest BCUT2D eigenvalue weighted by Gasteiger charge is 2.64. The molecule has 0 unspecified atom stereocenters. The molecule has 2 aliphatic heterocycles. The highest BCUT2D eigenvalue weighted by molar-refractivity contribution is 6.09. The summed E-state index contributed by atoms with van der Waals surface area (Å²) in [6.45, 7) is 4.19. The Kier molecular flexibility index (Phi) is 7.02. The molecule has 0 spiro atoms. The minimum Gasteiger partial charge on any atom is -0.379 e. The number of hydrazone groups is 1. The Morgan fingerprint density at radius 1 is 1.22 bits per heavy atom. The molecule has 1 fully saturated rings. The number of morpholine rings is 1. The molecule has 11 heteroatoms. The number of nitrogens with zero attached hydrogens (tertiary/aromatic N) is 4. The maximum atomic E-state index is 14.3. The van der Waals surface area contributed by atoms with Crippen molar-refractivity contribution in [3.63, 3.8) is 0 Å². The molecule has 36 heavy (non-hydrogen) atoms. The minimum absolute atomic E-state index is 0.00352. The summed E-state index contributed by atoms with van der Waals surface area (Å²) < 4.78 is 62.4. The average Bonchev–Trinajstić information content (AvgIpc) is 3.23. The summed E-state index contributed by atoms with van der Waals surface area (Å²) in [7, 11) is 0. The molecule has 2 aromatic rings. The molecule has 1 saturated heterocycles. The molecule has 2 atom stereocenters. The van der Waals surface area contributed by atoms with Crippen LogP contribution < -0.4 is 10.3 Å². The van der Waals surface area contributed by atoms with Crippen LogP contribution in [0.3, 0.4) is 0 Å². The number of hydrogen-bond acceptors (Lipinski definition) is 6. The van der Waals surface area contributed by atoms with Crippen molar-refractivity contribution >= 4 is 23.0 Å². The lowest BCUT2D eigenvalue weighted by Crippen LogP contribution is -2.70. The Morgan fingerprint density at radius 3 is 2.47 bits per heavy atom. The average molecular weight is 504 g/mol. The number of benzene rings is 2. The third-order valence-electron chi connectivity index (χ3n) is 6.50. The van der Waals surface area contributed by atoms with Gasteiger partial charge in [-0.15, -0.1) is 0 Å². The molecule has 2 aliphatic rings. The second-order valence-corrected chi connectivity index (χ2v) is 8.68. The predicted octanol–water partition coefficient (Wildman–Crippen LogP) is 4.44. The van der Waals surface area contributed by atoms with Crippen LogP contribution in [0, 0.1) is 30.0 Å². The lowest BCUT2D eigenvalue weighted by molar-refractivity contribution is -0.134. The van der Waals surface area contributed by atoms with E-state index in [2.05, 4.69) is 10.4 Å². The van der Waals surface area contributed by atoms with Gasteiger partial charge < -0.3 is 10.1 Å². The monoisotopic (exact) mass is 503 g/mol. The zero-order valence-electron chi connectivity index (χ0n) is 19.8. The first-order valence-electron chi connectivity index (χ1n) is 11.5. The molecular formula is C25H25F4N5O2. The molecule has 4 rings (SSSR count). The van der Waals surface area contributed by atoms with E-state index in [0.29, 0.717) is 5.69 Å². The first kappa shape index (κ1) is 25.6. The maximum Gasteiger partial charge on any atom is 0.431 e. The number of ether oxygens (including phenoxy) is 1. The zero-order chi connectivity index (χ0) is 26.1. The summed E-state index contributed by atoms with van der Waals surface area (Å²) in [5.74, 6) is -2.92. The van der Waals surface area contributed by atoms with Gasteiger partial charge in [0.1, 0.15) is 17.6 Å². The second kappa shape index (κ2) is 9.87. The molecule has 2 heterocycles. The van der Waals surface area contributed by atoms with Crippen LogP contribution in [0.25, 0.3) is 0 Å². The Bertz CT molecular complexity index is 1200. The van der Waals surface area contributed by atoms with Gasteiger partial charge in [0.25, 0.3) is 5.91 Å². The van der Waals surface area contributed by atoms with Crippen LogP contribution in [0.15, 0.2) is 47.6 Å². The molecule has 7 nitrogen and oxygen atoms in total. The maximum absolute atomic E-state index is 14.3. The van der Waals surface area contributed by atoms with E-state index in [9.17, 15) is 27.6 Å². The van der Waals surface area contributed by atoms with Gasteiger partial charge in [-0.1, -0.05) is 24.6 Å². The number of amides is 1. The van der Waals surface area contributed by atoms with E-state index < -0.39 is 35.2 Å². The fraction of sp³-hybridized carbons (Fsp3) is 0.400. The topological polar surface area (TPSA) is 81.0 Å². The molecule has 0 aliphatic carbocycles. The van der Waals surface area contributed by atoms with Crippen molar-refractivity contribution in [3.05, 3.63) is 59.4 Å². The number of aryl methyl sites for hydroxylation is 1. The predicted molar refractivity (Wildman–Crippen MR) is 126 cm³/mol. The van der Waals surface area contributed by atoms with Gasteiger partial charge in [0, 0.05) is 18.8 Å². The Balaban J connectivity index is 1.94. The van der Waals surface area contributed by atoms with E-state index >= 15 is 0 Å². The number of hydrogen-bond donors (Lipinski definition) is 1. The molecule has 2 aromatic carbocycles. The molecule has 0 aromatic heterocycles. The molecular weight excluding hydrogens is 478 g/mol. The smallest absolute Gasteiger partial charge is 0.379 e. The van der Waals surface area contributed by atoms with Crippen molar-refractivity contribution in [1.29, 1.82) is 5.26 Å². The van der Waals surface area contributed by atoms with E-state index in [0.717, 1.165) is 22.7 Å². The number of nitriles is 1. The number of alkyl halides is 3. The molecule has 0 bridgehead atoms. The van der Waals surface area contributed by atoms with Crippen LogP contribution in [0.1, 0.15) is 24.5 Å². The SMILES string of the molecule is CC[C@H]1C(C(F)(F)F)=NN(c2ccc(F)c(C#N)c2)[C@]1(C(=O)Nc1ccc(C)cc1)N1CCOCC1. The first-order valence-corrected chi connectivity index (χ1v) is 11.5. The normalized spacial score (nSPS) is 22.8. The number of halogens is 4. The molecule has 1 amide bonds. The number of carbonyl (C=O) groups is 1. The van der Waals surface area contributed by atoms with Gasteiger partial charge in [-0.2, -0.15) is 23.5 Å².